The minimum absolute atomic E-state index is 0.377. The maximum atomic E-state index is 13.7. The van der Waals surface area contributed by atoms with Crippen LogP contribution in [0.5, 0.6) is 0 Å². The Hall–Kier alpha value is -1.66. The number of anilines is 2. The molecule has 7 heteroatoms. The Balaban J connectivity index is 2.33. The van der Waals surface area contributed by atoms with Gasteiger partial charge in [0, 0.05) is 9.50 Å². The van der Waals surface area contributed by atoms with Crippen molar-refractivity contribution in [2.24, 2.45) is 0 Å². The molecule has 0 radical (unpaired) electrons. The number of halogens is 4. The maximum absolute atomic E-state index is 13.7. The Morgan fingerprint density at radius 1 is 1.25 bits per heavy atom. The van der Waals surface area contributed by atoms with Crippen molar-refractivity contribution in [3.63, 3.8) is 0 Å². The summed E-state index contributed by atoms with van der Waals surface area (Å²) in [6.07, 6.45) is 0. The molecule has 2 aromatic rings. The molecule has 0 atom stereocenters. The van der Waals surface area contributed by atoms with Crippen molar-refractivity contribution in [1.29, 1.82) is 0 Å². The fraction of sp³-hybridized carbons (Fsp3) is 0. The molecule has 0 saturated heterocycles. The average molecular weight is 362 g/mol. The van der Waals surface area contributed by atoms with Gasteiger partial charge in [0.05, 0.1) is 16.9 Å². The normalized spacial score (nSPS) is 10.4. The number of carbonyl (C=O) groups is 1. The molecule has 2 rings (SSSR count). The molecule has 0 bridgehead atoms. The second kappa shape index (κ2) is 5.76. The van der Waals surface area contributed by atoms with Crippen molar-refractivity contribution >= 4 is 44.8 Å². The molecule has 0 aliphatic rings. The molecule has 0 unspecified atom stereocenters. The van der Waals surface area contributed by atoms with Gasteiger partial charge in [-0.15, -0.1) is 0 Å². The van der Waals surface area contributed by atoms with E-state index in [9.17, 15) is 13.6 Å². The van der Waals surface area contributed by atoms with Crippen LogP contribution in [0.15, 0.2) is 34.8 Å². The summed E-state index contributed by atoms with van der Waals surface area (Å²) in [5.74, 6) is -2.56. The Labute approximate surface area is 126 Å². The van der Waals surface area contributed by atoms with Crippen LogP contribution in [0.2, 0.25) is 5.02 Å². The van der Waals surface area contributed by atoms with E-state index in [1.54, 1.807) is 12.1 Å². The quantitative estimate of drug-likeness (QED) is 0.787. The van der Waals surface area contributed by atoms with Gasteiger partial charge >= 0.3 is 0 Å². The van der Waals surface area contributed by atoms with Crippen molar-refractivity contribution < 1.29 is 13.6 Å². The van der Waals surface area contributed by atoms with E-state index in [4.69, 9.17) is 17.3 Å². The first-order chi connectivity index (χ1) is 9.38. The Bertz CT molecular complexity index is 694. The lowest BCUT2D eigenvalue weighted by Gasteiger charge is -2.09. The minimum Gasteiger partial charge on any atom is -0.396 e. The van der Waals surface area contributed by atoms with E-state index in [0.29, 0.717) is 15.2 Å². The Kier molecular flexibility index (Phi) is 4.25. The largest absolute Gasteiger partial charge is 0.396 e. The van der Waals surface area contributed by atoms with Crippen molar-refractivity contribution in [3.8, 4) is 0 Å². The number of nitrogens with two attached hydrogens (primary N) is 1. The highest BCUT2D eigenvalue weighted by molar-refractivity contribution is 9.10. The SMILES string of the molecule is Nc1cc(F)cc(C(=O)Nc2ccc(Cl)cc2Br)c1F. The number of amides is 1. The molecule has 0 saturated carbocycles. The number of nitrogen functional groups attached to an aromatic ring is 1. The number of hydrogen-bond donors (Lipinski definition) is 2. The van der Waals surface area contributed by atoms with Gasteiger partial charge in [-0.1, -0.05) is 11.6 Å². The molecule has 20 heavy (non-hydrogen) atoms. The Morgan fingerprint density at radius 3 is 2.60 bits per heavy atom. The van der Waals surface area contributed by atoms with Gasteiger partial charge in [0.1, 0.15) is 5.82 Å². The fourth-order valence-electron chi connectivity index (χ4n) is 1.56. The van der Waals surface area contributed by atoms with Crippen LogP contribution in [0.4, 0.5) is 20.2 Å². The first-order valence-electron chi connectivity index (χ1n) is 5.39. The Morgan fingerprint density at radius 2 is 1.95 bits per heavy atom. The molecular formula is C13H8BrClF2N2O. The summed E-state index contributed by atoms with van der Waals surface area (Å²) in [6.45, 7) is 0. The van der Waals surface area contributed by atoms with E-state index in [-0.39, 0.29) is 0 Å². The van der Waals surface area contributed by atoms with Crippen molar-refractivity contribution in [2.45, 2.75) is 0 Å². The molecular weight excluding hydrogens is 354 g/mol. The third-order valence-corrected chi connectivity index (χ3v) is 3.38. The summed E-state index contributed by atoms with van der Waals surface area (Å²) in [7, 11) is 0. The zero-order valence-corrected chi connectivity index (χ0v) is 12.2. The third kappa shape index (κ3) is 3.08. The van der Waals surface area contributed by atoms with Crippen LogP contribution in [-0.4, -0.2) is 5.91 Å². The summed E-state index contributed by atoms with van der Waals surface area (Å²) in [5.41, 5.74) is 4.76. The van der Waals surface area contributed by atoms with Gasteiger partial charge in [-0.05, 0) is 46.3 Å². The van der Waals surface area contributed by atoms with Crippen LogP contribution in [-0.2, 0) is 0 Å². The van der Waals surface area contributed by atoms with Crippen LogP contribution in [0.25, 0.3) is 0 Å². The minimum atomic E-state index is -0.964. The lowest BCUT2D eigenvalue weighted by molar-refractivity contribution is 0.102. The van der Waals surface area contributed by atoms with Crippen LogP contribution < -0.4 is 11.1 Å². The molecule has 3 nitrogen and oxygen atoms in total. The van der Waals surface area contributed by atoms with Gasteiger partial charge in [-0.2, -0.15) is 0 Å². The smallest absolute Gasteiger partial charge is 0.258 e. The second-order valence-electron chi connectivity index (χ2n) is 3.93. The lowest BCUT2D eigenvalue weighted by atomic mass is 10.1. The number of nitrogens with one attached hydrogen (secondary N) is 1. The second-order valence-corrected chi connectivity index (χ2v) is 5.23. The van der Waals surface area contributed by atoms with Gasteiger partial charge < -0.3 is 11.1 Å². The molecule has 0 heterocycles. The fourth-order valence-corrected chi connectivity index (χ4v) is 2.34. The zero-order chi connectivity index (χ0) is 14.9. The first kappa shape index (κ1) is 14.7. The summed E-state index contributed by atoms with van der Waals surface area (Å²) in [6, 6.07) is 6.24. The highest BCUT2D eigenvalue weighted by Gasteiger charge is 2.17. The molecule has 1 amide bonds. The third-order valence-electron chi connectivity index (χ3n) is 2.49. The summed E-state index contributed by atoms with van der Waals surface area (Å²) in [5, 5.41) is 2.91. The van der Waals surface area contributed by atoms with Crippen molar-refractivity contribution in [1.82, 2.24) is 0 Å². The number of carbonyl (C=O) groups excluding carboxylic acids is 1. The summed E-state index contributed by atoms with van der Waals surface area (Å²) < 4.78 is 27.4. The van der Waals surface area contributed by atoms with Gasteiger partial charge in [0.2, 0.25) is 0 Å². The molecule has 3 N–H and O–H groups in total. The van der Waals surface area contributed by atoms with Crippen LogP contribution >= 0.6 is 27.5 Å². The standard InChI is InChI=1S/C13H8BrClF2N2O/c14-9-3-6(15)1-2-11(9)19-13(20)8-4-7(16)5-10(18)12(8)17/h1-5H,18H2,(H,19,20). The highest BCUT2D eigenvalue weighted by atomic mass is 79.9. The zero-order valence-electron chi connectivity index (χ0n) is 9.88. The van der Waals surface area contributed by atoms with E-state index >= 15 is 0 Å². The number of hydrogen-bond acceptors (Lipinski definition) is 2. The number of benzene rings is 2. The molecule has 0 aliphatic carbocycles. The average Bonchev–Trinajstić information content (AvgIpc) is 2.37. The van der Waals surface area contributed by atoms with Gasteiger partial charge in [0.25, 0.3) is 5.91 Å². The topological polar surface area (TPSA) is 55.1 Å². The van der Waals surface area contributed by atoms with Crippen LogP contribution in [0.1, 0.15) is 10.4 Å². The molecule has 2 aromatic carbocycles. The molecule has 0 aromatic heterocycles. The molecule has 0 fully saturated rings. The van der Waals surface area contributed by atoms with E-state index in [1.807, 2.05) is 0 Å². The molecule has 0 spiro atoms. The summed E-state index contributed by atoms with van der Waals surface area (Å²) >= 11 is 8.97. The first-order valence-corrected chi connectivity index (χ1v) is 6.56. The monoisotopic (exact) mass is 360 g/mol. The van der Waals surface area contributed by atoms with E-state index in [2.05, 4.69) is 21.2 Å². The van der Waals surface area contributed by atoms with E-state index in [0.717, 1.165) is 12.1 Å². The molecule has 104 valence electrons. The van der Waals surface area contributed by atoms with Gasteiger partial charge in [-0.25, -0.2) is 8.78 Å². The summed E-state index contributed by atoms with van der Waals surface area (Å²) in [4.78, 5) is 11.9. The number of rotatable bonds is 2. The lowest BCUT2D eigenvalue weighted by Crippen LogP contribution is -2.15. The van der Waals surface area contributed by atoms with Crippen molar-refractivity contribution in [3.05, 3.63) is 57.0 Å². The van der Waals surface area contributed by atoms with Crippen molar-refractivity contribution in [2.75, 3.05) is 11.1 Å². The predicted octanol–water partition coefficient (Wildman–Crippen LogP) is 4.22. The molecule has 0 aliphatic heterocycles. The van der Waals surface area contributed by atoms with E-state index < -0.39 is 28.8 Å². The van der Waals surface area contributed by atoms with Crippen LogP contribution in [0.3, 0.4) is 0 Å². The highest BCUT2D eigenvalue weighted by Crippen LogP contribution is 2.27. The van der Waals surface area contributed by atoms with E-state index in [1.165, 1.54) is 6.07 Å². The van der Waals surface area contributed by atoms with Gasteiger partial charge in [0.15, 0.2) is 5.82 Å². The predicted molar refractivity (Wildman–Crippen MR) is 77.9 cm³/mol. The van der Waals surface area contributed by atoms with Gasteiger partial charge in [-0.3, -0.25) is 4.79 Å². The maximum Gasteiger partial charge on any atom is 0.258 e. The van der Waals surface area contributed by atoms with Crippen LogP contribution in [0, 0.1) is 11.6 Å².